The van der Waals surface area contributed by atoms with Gasteiger partial charge in [0.25, 0.3) is 5.69 Å². The van der Waals surface area contributed by atoms with E-state index in [1.54, 1.807) is 12.1 Å². The summed E-state index contributed by atoms with van der Waals surface area (Å²) in [5, 5.41) is 14.4. The Morgan fingerprint density at radius 1 is 1.18 bits per heavy atom. The molecule has 2 aromatic rings. The van der Waals surface area contributed by atoms with Gasteiger partial charge in [0.2, 0.25) is 5.91 Å². The number of anilines is 1. The largest absolute Gasteiger partial charge is 0.366 e. The summed E-state index contributed by atoms with van der Waals surface area (Å²) in [6.07, 6.45) is 1.38. The minimum absolute atomic E-state index is 0.0411. The van der Waals surface area contributed by atoms with Gasteiger partial charge in [-0.15, -0.1) is 0 Å². The highest BCUT2D eigenvalue weighted by molar-refractivity contribution is 5.79. The van der Waals surface area contributed by atoms with Crippen molar-refractivity contribution in [3.63, 3.8) is 0 Å². The normalized spacial score (nSPS) is 15.9. The summed E-state index contributed by atoms with van der Waals surface area (Å²) in [6, 6.07) is 13.0. The second-order valence-corrected chi connectivity index (χ2v) is 7.60. The van der Waals surface area contributed by atoms with E-state index < -0.39 is 0 Å². The second kappa shape index (κ2) is 8.42. The third-order valence-electron chi connectivity index (χ3n) is 5.54. The first-order chi connectivity index (χ1) is 13.4. The van der Waals surface area contributed by atoms with E-state index in [0.717, 1.165) is 5.56 Å². The molecule has 1 aliphatic heterocycles. The Balaban J connectivity index is 1.61. The molecule has 1 saturated heterocycles. The van der Waals surface area contributed by atoms with Gasteiger partial charge < -0.3 is 10.2 Å². The van der Waals surface area contributed by atoms with Crippen molar-refractivity contribution in [2.45, 2.75) is 39.7 Å². The summed E-state index contributed by atoms with van der Waals surface area (Å²) in [5.74, 6) is 0.00204. The van der Waals surface area contributed by atoms with Gasteiger partial charge in [0.1, 0.15) is 5.69 Å². The van der Waals surface area contributed by atoms with Crippen molar-refractivity contribution in [1.29, 1.82) is 0 Å². The van der Waals surface area contributed by atoms with Gasteiger partial charge in [0.15, 0.2) is 0 Å². The van der Waals surface area contributed by atoms with E-state index >= 15 is 0 Å². The molecule has 2 aromatic carbocycles. The molecule has 0 spiro atoms. The maximum atomic E-state index is 12.8. The molecule has 1 unspecified atom stereocenters. The smallest absolute Gasteiger partial charge is 0.292 e. The van der Waals surface area contributed by atoms with Crippen molar-refractivity contribution >= 4 is 17.3 Å². The number of hydrogen-bond donors (Lipinski definition) is 1. The van der Waals surface area contributed by atoms with E-state index in [2.05, 4.69) is 37.4 Å². The molecule has 6 heteroatoms. The van der Waals surface area contributed by atoms with Crippen molar-refractivity contribution in [1.82, 2.24) is 5.32 Å². The Labute approximate surface area is 165 Å². The van der Waals surface area contributed by atoms with Crippen LogP contribution < -0.4 is 10.2 Å². The lowest BCUT2D eigenvalue weighted by Gasteiger charge is -2.33. The van der Waals surface area contributed by atoms with Gasteiger partial charge in [-0.2, -0.15) is 0 Å². The van der Waals surface area contributed by atoms with Crippen LogP contribution in [0.15, 0.2) is 42.5 Å². The number of nitrogens with one attached hydrogen (secondary N) is 1. The van der Waals surface area contributed by atoms with Crippen LogP contribution in [0.25, 0.3) is 0 Å². The van der Waals surface area contributed by atoms with E-state index in [1.807, 2.05) is 17.9 Å². The summed E-state index contributed by atoms with van der Waals surface area (Å²) in [4.78, 5) is 25.7. The molecule has 1 aliphatic rings. The number of rotatable bonds is 5. The molecule has 0 radical (unpaired) electrons. The number of benzene rings is 2. The molecule has 0 aliphatic carbocycles. The monoisotopic (exact) mass is 381 g/mol. The van der Waals surface area contributed by atoms with Gasteiger partial charge in [0, 0.05) is 25.1 Å². The molecule has 1 N–H and O–H groups in total. The first-order valence-electron chi connectivity index (χ1n) is 9.72. The lowest BCUT2D eigenvalue weighted by atomic mass is 9.94. The Morgan fingerprint density at radius 2 is 1.86 bits per heavy atom. The summed E-state index contributed by atoms with van der Waals surface area (Å²) < 4.78 is 0. The molecule has 0 bridgehead atoms. The fourth-order valence-corrected chi connectivity index (χ4v) is 3.90. The first kappa shape index (κ1) is 19.9. The van der Waals surface area contributed by atoms with Crippen molar-refractivity contribution in [2.75, 3.05) is 18.0 Å². The number of carbonyl (C=O) groups is 1. The molecule has 148 valence electrons. The average Bonchev–Trinajstić information content (AvgIpc) is 2.69. The van der Waals surface area contributed by atoms with E-state index in [9.17, 15) is 14.9 Å². The third-order valence-corrected chi connectivity index (χ3v) is 5.54. The number of piperidine rings is 1. The summed E-state index contributed by atoms with van der Waals surface area (Å²) in [6.45, 7) is 7.41. The molecule has 28 heavy (non-hydrogen) atoms. The van der Waals surface area contributed by atoms with Crippen molar-refractivity contribution in [2.24, 2.45) is 5.92 Å². The van der Waals surface area contributed by atoms with E-state index in [4.69, 9.17) is 0 Å². The van der Waals surface area contributed by atoms with Crippen molar-refractivity contribution in [3.05, 3.63) is 69.3 Å². The van der Waals surface area contributed by atoms with Gasteiger partial charge >= 0.3 is 0 Å². The van der Waals surface area contributed by atoms with Gasteiger partial charge in [-0.05, 0) is 50.8 Å². The number of hydrogen-bond acceptors (Lipinski definition) is 4. The molecule has 1 fully saturated rings. The zero-order chi connectivity index (χ0) is 20.3. The Morgan fingerprint density at radius 3 is 2.54 bits per heavy atom. The number of para-hydroxylation sites is 2. The second-order valence-electron chi connectivity index (χ2n) is 7.60. The van der Waals surface area contributed by atoms with Crippen molar-refractivity contribution < 1.29 is 9.72 Å². The zero-order valence-corrected chi connectivity index (χ0v) is 16.6. The van der Waals surface area contributed by atoms with E-state index in [1.165, 1.54) is 17.2 Å². The van der Waals surface area contributed by atoms with Crippen LogP contribution in [0.3, 0.4) is 0 Å². The number of nitrogens with zero attached hydrogens (tertiary/aromatic N) is 2. The van der Waals surface area contributed by atoms with E-state index in [0.29, 0.717) is 31.6 Å². The molecule has 0 saturated carbocycles. The van der Waals surface area contributed by atoms with E-state index in [-0.39, 0.29) is 28.5 Å². The van der Waals surface area contributed by atoms with Gasteiger partial charge in [0.05, 0.1) is 11.0 Å². The Bertz CT molecular complexity index is 873. The lowest BCUT2D eigenvalue weighted by Crippen LogP contribution is -2.41. The van der Waals surface area contributed by atoms with Crippen LogP contribution in [-0.4, -0.2) is 23.9 Å². The average molecular weight is 381 g/mol. The molecule has 1 amide bonds. The van der Waals surface area contributed by atoms with Crippen LogP contribution in [-0.2, 0) is 4.79 Å². The molecular weight excluding hydrogens is 354 g/mol. The quantitative estimate of drug-likeness (QED) is 0.619. The highest BCUT2D eigenvalue weighted by Gasteiger charge is 2.28. The minimum atomic E-state index is -0.347. The topological polar surface area (TPSA) is 75.5 Å². The van der Waals surface area contributed by atoms with Crippen LogP contribution in [0, 0.1) is 29.9 Å². The maximum Gasteiger partial charge on any atom is 0.292 e. The predicted molar refractivity (Wildman–Crippen MR) is 111 cm³/mol. The standard InChI is InChI=1S/C22H27N3O3/c1-15-8-9-16(2)19(14-15)17(3)23-22(26)18-10-12-24(13-11-18)20-6-4-5-7-21(20)25(27)28/h4-9,14,17-18H,10-13H2,1-3H3,(H,23,26). The Kier molecular flexibility index (Phi) is 5.97. The maximum absolute atomic E-state index is 12.8. The summed E-state index contributed by atoms with van der Waals surface area (Å²) in [5.41, 5.74) is 4.25. The number of carbonyl (C=O) groups excluding carboxylic acids is 1. The van der Waals surface area contributed by atoms with Crippen LogP contribution in [0.1, 0.15) is 42.5 Å². The molecule has 6 nitrogen and oxygen atoms in total. The first-order valence-corrected chi connectivity index (χ1v) is 9.72. The van der Waals surface area contributed by atoms with Crippen LogP contribution in [0.2, 0.25) is 0 Å². The van der Waals surface area contributed by atoms with Crippen LogP contribution in [0.5, 0.6) is 0 Å². The van der Waals surface area contributed by atoms with Crippen LogP contribution in [0.4, 0.5) is 11.4 Å². The molecule has 3 rings (SSSR count). The SMILES string of the molecule is Cc1ccc(C)c(C(C)NC(=O)C2CCN(c3ccccc3[N+](=O)[O-])CC2)c1. The number of aryl methyl sites for hydroxylation is 2. The molecule has 1 heterocycles. The summed E-state index contributed by atoms with van der Waals surface area (Å²) in [7, 11) is 0. The number of nitro benzene ring substituents is 1. The molecule has 0 aromatic heterocycles. The van der Waals surface area contributed by atoms with Crippen LogP contribution >= 0.6 is 0 Å². The predicted octanol–water partition coefficient (Wildman–Crippen LogP) is 4.31. The van der Waals surface area contributed by atoms with Gasteiger partial charge in [-0.1, -0.05) is 35.9 Å². The van der Waals surface area contributed by atoms with Gasteiger partial charge in [-0.3, -0.25) is 14.9 Å². The Hall–Kier alpha value is -2.89. The minimum Gasteiger partial charge on any atom is -0.366 e. The highest BCUT2D eigenvalue weighted by Crippen LogP contribution is 2.31. The van der Waals surface area contributed by atoms with Gasteiger partial charge in [-0.25, -0.2) is 0 Å². The summed E-state index contributed by atoms with van der Waals surface area (Å²) >= 11 is 0. The van der Waals surface area contributed by atoms with Crippen molar-refractivity contribution in [3.8, 4) is 0 Å². The highest BCUT2D eigenvalue weighted by atomic mass is 16.6. The fourth-order valence-electron chi connectivity index (χ4n) is 3.90. The third kappa shape index (κ3) is 4.32. The lowest BCUT2D eigenvalue weighted by molar-refractivity contribution is -0.384. The molecular formula is C22H27N3O3. The molecule has 1 atom stereocenters. The zero-order valence-electron chi connectivity index (χ0n) is 16.6. The number of amides is 1. The fraction of sp³-hybridized carbons (Fsp3) is 0.409. The number of nitro groups is 1.